The van der Waals surface area contributed by atoms with Crippen LogP contribution in [0.1, 0.15) is 12.8 Å². The maximum Gasteiger partial charge on any atom is 0.100 e. The van der Waals surface area contributed by atoms with Gasteiger partial charge in [0.1, 0.15) is 6.10 Å². The molecule has 0 amide bonds. The van der Waals surface area contributed by atoms with Gasteiger partial charge >= 0.3 is 0 Å². The quantitative estimate of drug-likeness (QED) is 0.507. The molecule has 0 aromatic carbocycles. The Labute approximate surface area is 72.5 Å². The van der Waals surface area contributed by atoms with Crippen molar-refractivity contribution >= 4 is 0 Å². The second kappa shape index (κ2) is 5.48. The molecule has 3 N–H and O–H groups in total. The Morgan fingerprint density at radius 3 is 3.00 bits per heavy atom. The van der Waals surface area contributed by atoms with Crippen molar-refractivity contribution in [2.24, 2.45) is 0 Å². The van der Waals surface area contributed by atoms with E-state index < -0.39 is 6.10 Å². The zero-order valence-electron chi connectivity index (χ0n) is 7.20. The van der Waals surface area contributed by atoms with Crippen LogP contribution < -0.4 is 5.32 Å². The van der Waals surface area contributed by atoms with E-state index in [1.807, 2.05) is 0 Å². The van der Waals surface area contributed by atoms with Gasteiger partial charge in [-0.15, -0.1) is 0 Å². The lowest BCUT2D eigenvalue weighted by Crippen LogP contribution is -2.29. The third kappa shape index (κ3) is 3.49. The third-order valence-corrected chi connectivity index (χ3v) is 2.00. The maximum absolute atomic E-state index is 8.94. The largest absolute Gasteiger partial charge is 0.394 e. The minimum Gasteiger partial charge on any atom is -0.394 e. The number of nitrogens with one attached hydrogen (secondary N) is 1. The molecule has 0 aromatic rings. The molecule has 2 unspecified atom stereocenters. The summed E-state index contributed by atoms with van der Waals surface area (Å²) in [7, 11) is 0. The maximum atomic E-state index is 8.94. The molecular weight excluding hydrogens is 158 g/mol. The number of rotatable bonds is 5. The highest BCUT2D eigenvalue weighted by Gasteiger charge is 2.14. The van der Waals surface area contributed by atoms with Crippen molar-refractivity contribution in [3.63, 3.8) is 0 Å². The lowest BCUT2D eigenvalue weighted by Gasteiger charge is -2.12. The van der Waals surface area contributed by atoms with Crippen LogP contribution in [0.4, 0.5) is 0 Å². The van der Waals surface area contributed by atoms with Crippen LogP contribution in [-0.4, -0.2) is 48.7 Å². The van der Waals surface area contributed by atoms with Gasteiger partial charge in [-0.25, -0.2) is 0 Å². The van der Waals surface area contributed by atoms with Crippen molar-refractivity contribution in [2.75, 3.05) is 26.4 Å². The Morgan fingerprint density at radius 2 is 2.42 bits per heavy atom. The third-order valence-electron chi connectivity index (χ3n) is 2.00. The molecule has 1 saturated heterocycles. The fraction of sp³-hybridized carbons (Fsp3) is 1.00. The molecule has 0 radical (unpaired) electrons. The van der Waals surface area contributed by atoms with E-state index >= 15 is 0 Å². The van der Waals surface area contributed by atoms with E-state index in [0.717, 1.165) is 13.0 Å². The predicted octanol–water partition coefficient (Wildman–Crippen LogP) is -0.892. The van der Waals surface area contributed by atoms with Gasteiger partial charge in [0.15, 0.2) is 0 Å². The highest BCUT2D eigenvalue weighted by molar-refractivity contribution is 4.73. The monoisotopic (exact) mass is 175 g/mol. The van der Waals surface area contributed by atoms with E-state index in [-0.39, 0.29) is 13.2 Å². The van der Waals surface area contributed by atoms with Crippen LogP contribution in [0, 0.1) is 0 Å². The molecule has 0 saturated carbocycles. The van der Waals surface area contributed by atoms with Crippen molar-refractivity contribution in [2.45, 2.75) is 25.0 Å². The van der Waals surface area contributed by atoms with Gasteiger partial charge < -0.3 is 20.3 Å². The van der Waals surface area contributed by atoms with E-state index in [2.05, 4.69) is 5.32 Å². The van der Waals surface area contributed by atoms with Gasteiger partial charge in [0.25, 0.3) is 0 Å². The van der Waals surface area contributed by atoms with Gasteiger partial charge in [-0.1, -0.05) is 0 Å². The first kappa shape index (κ1) is 9.92. The molecule has 0 aliphatic carbocycles. The highest BCUT2D eigenvalue weighted by Crippen LogP contribution is 2.04. The molecule has 1 heterocycles. The van der Waals surface area contributed by atoms with E-state index in [1.165, 1.54) is 6.42 Å². The summed E-state index contributed by atoms with van der Waals surface area (Å²) in [4.78, 5) is 0. The van der Waals surface area contributed by atoms with E-state index in [0.29, 0.717) is 12.6 Å². The second-order valence-electron chi connectivity index (χ2n) is 3.17. The van der Waals surface area contributed by atoms with Crippen molar-refractivity contribution in [1.29, 1.82) is 0 Å². The average molecular weight is 175 g/mol. The van der Waals surface area contributed by atoms with Gasteiger partial charge in [-0.3, -0.25) is 0 Å². The molecule has 4 nitrogen and oxygen atoms in total. The number of hydrogen-bond acceptors (Lipinski definition) is 4. The van der Waals surface area contributed by atoms with Crippen LogP contribution in [0.15, 0.2) is 0 Å². The first-order valence-electron chi connectivity index (χ1n) is 4.43. The average Bonchev–Trinajstić information content (AvgIpc) is 2.57. The summed E-state index contributed by atoms with van der Waals surface area (Å²) in [6.45, 7) is 1.71. The molecule has 1 aliphatic rings. The highest BCUT2D eigenvalue weighted by atomic mass is 16.5. The Kier molecular flexibility index (Phi) is 4.53. The van der Waals surface area contributed by atoms with E-state index in [1.54, 1.807) is 0 Å². The molecule has 1 rings (SSSR count). The molecule has 0 spiro atoms. The molecule has 12 heavy (non-hydrogen) atoms. The van der Waals surface area contributed by atoms with Crippen LogP contribution >= 0.6 is 0 Å². The van der Waals surface area contributed by atoms with Crippen LogP contribution in [0.25, 0.3) is 0 Å². The Morgan fingerprint density at radius 1 is 1.58 bits per heavy atom. The Bertz CT molecular complexity index is 115. The first-order chi connectivity index (χ1) is 5.83. The van der Waals surface area contributed by atoms with Crippen molar-refractivity contribution in [3.05, 3.63) is 0 Å². The number of aliphatic hydroxyl groups excluding tert-OH is 2. The summed E-state index contributed by atoms with van der Waals surface area (Å²) in [5, 5.41) is 20.7. The SMILES string of the molecule is OCC(O)COCC1CCCN1. The summed E-state index contributed by atoms with van der Waals surface area (Å²) in [5.74, 6) is 0. The number of hydrogen-bond donors (Lipinski definition) is 3. The molecule has 2 atom stereocenters. The Hall–Kier alpha value is -0.160. The lowest BCUT2D eigenvalue weighted by molar-refractivity contribution is 0.00125. The van der Waals surface area contributed by atoms with Crippen LogP contribution in [0.3, 0.4) is 0 Å². The topological polar surface area (TPSA) is 61.7 Å². The van der Waals surface area contributed by atoms with E-state index in [9.17, 15) is 0 Å². The number of aliphatic hydroxyl groups is 2. The predicted molar refractivity (Wildman–Crippen MR) is 44.9 cm³/mol. The standard InChI is InChI=1S/C8H17NO3/c10-4-8(11)6-12-5-7-2-1-3-9-7/h7-11H,1-6H2. The van der Waals surface area contributed by atoms with Gasteiger partial charge in [-0.05, 0) is 19.4 Å². The normalized spacial score (nSPS) is 26.0. The first-order valence-corrected chi connectivity index (χ1v) is 4.43. The molecular formula is C8H17NO3. The zero-order valence-corrected chi connectivity index (χ0v) is 7.20. The summed E-state index contributed by atoms with van der Waals surface area (Å²) < 4.78 is 5.20. The van der Waals surface area contributed by atoms with Crippen LogP contribution in [0.5, 0.6) is 0 Å². The summed E-state index contributed by atoms with van der Waals surface area (Å²) in [5.41, 5.74) is 0. The molecule has 1 fully saturated rings. The van der Waals surface area contributed by atoms with Gasteiger partial charge in [0, 0.05) is 6.04 Å². The zero-order chi connectivity index (χ0) is 8.81. The van der Waals surface area contributed by atoms with Gasteiger partial charge in [0.05, 0.1) is 19.8 Å². The molecule has 4 heteroatoms. The smallest absolute Gasteiger partial charge is 0.100 e. The summed E-state index contributed by atoms with van der Waals surface area (Å²) >= 11 is 0. The van der Waals surface area contributed by atoms with Gasteiger partial charge in [-0.2, -0.15) is 0 Å². The van der Waals surface area contributed by atoms with Crippen molar-refractivity contribution < 1.29 is 14.9 Å². The minimum atomic E-state index is -0.730. The van der Waals surface area contributed by atoms with Gasteiger partial charge in [0.2, 0.25) is 0 Å². The molecule has 0 bridgehead atoms. The lowest BCUT2D eigenvalue weighted by atomic mass is 10.2. The number of ether oxygens (including phenoxy) is 1. The minimum absolute atomic E-state index is 0.224. The van der Waals surface area contributed by atoms with Crippen molar-refractivity contribution in [3.8, 4) is 0 Å². The van der Waals surface area contributed by atoms with Crippen LogP contribution in [-0.2, 0) is 4.74 Å². The molecule has 0 aromatic heterocycles. The summed E-state index contributed by atoms with van der Waals surface area (Å²) in [6.07, 6.45) is 1.62. The van der Waals surface area contributed by atoms with Crippen molar-refractivity contribution in [1.82, 2.24) is 5.32 Å². The second-order valence-corrected chi connectivity index (χ2v) is 3.17. The summed E-state index contributed by atoms with van der Waals surface area (Å²) in [6, 6.07) is 0.441. The molecule has 1 aliphatic heterocycles. The van der Waals surface area contributed by atoms with E-state index in [4.69, 9.17) is 14.9 Å². The fourth-order valence-corrected chi connectivity index (χ4v) is 1.30. The Balaban J connectivity index is 1.94. The molecule has 72 valence electrons. The van der Waals surface area contributed by atoms with Crippen LogP contribution in [0.2, 0.25) is 0 Å². The fourth-order valence-electron chi connectivity index (χ4n) is 1.30.